The van der Waals surface area contributed by atoms with E-state index in [1.54, 1.807) is 23.5 Å². The van der Waals surface area contributed by atoms with E-state index in [-0.39, 0.29) is 10.7 Å². The molecule has 2 nitrogen and oxygen atoms in total. The third-order valence-corrected chi connectivity index (χ3v) is 4.72. The zero-order valence-corrected chi connectivity index (χ0v) is 9.38. The normalized spacial score (nSPS) is 29.8. The van der Waals surface area contributed by atoms with Crippen LogP contribution < -0.4 is 0 Å². The molecular formula is C8H13NOS2. The largest absolute Gasteiger partial charge is 0.271 e. The molecule has 1 aliphatic heterocycles. The lowest BCUT2D eigenvalue weighted by atomic mass is 9.96. The minimum Gasteiger partial charge on any atom is -0.271 e. The van der Waals surface area contributed by atoms with Gasteiger partial charge in [0.15, 0.2) is 0 Å². The van der Waals surface area contributed by atoms with Crippen LogP contribution in [-0.4, -0.2) is 21.3 Å². The Bertz CT molecular complexity index is 237. The summed E-state index contributed by atoms with van der Waals surface area (Å²) in [5.41, 5.74) is 0. The first-order valence-electron chi connectivity index (χ1n) is 3.87. The van der Waals surface area contributed by atoms with Gasteiger partial charge in [-0.3, -0.25) is 4.79 Å². The summed E-state index contributed by atoms with van der Waals surface area (Å²) in [5.74, 6) is 0.357. The molecule has 1 unspecified atom stereocenters. The summed E-state index contributed by atoms with van der Waals surface area (Å²) >= 11 is 3.14. The van der Waals surface area contributed by atoms with Gasteiger partial charge in [-0.25, -0.2) is 0 Å². The monoisotopic (exact) mass is 203 g/mol. The molecule has 0 bridgehead atoms. The van der Waals surface area contributed by atoms with Crippen LogP contribution in [0.5, 0.6) is 0 Å². The average molecular weight is 203 g/mol. The summed E-state index contributed by atoms with van der Waals surface area (Å²) in [6, 6.07) is 0. The number of aliphatic imine (C=N–C) groups is 1. The van der Waals surface area contributed by atoms with Crippen LogP contribution in [0.1, 0.15) is 20.8 Å². The molecule has 0 fully saturated rings. The Kier molecular flexibility index (Phi) is 2.88. The quantitative estimate of drug-likeness (QED) is 0.655. The zero-order chi connectivity index (χ0) is 9.35. The van der Waals surface area contributed by atoms with E-state index in [2.05, 4.69) is 18.8 Å². The second-order valence-electron chi connectivity index (χ2n) is 3.25. The molecule has 1 amide bonds. The maximum atomic E-state index is 11.5. The molecule has 4 heteroatoms. The fraction of sp³-hybridized carbons (Fsp3) is 0.750. The third-order valence-electron chi connectivity index (χ3n) is 2.19. The first kappa shape index (κ1) is 10.1. The molecule has 0 aliphatic carbocycles. The highest BCUT2D eigenvalue weighted by molar-refractivity contribution is 8.39. The van der Waals surface area contributed by atoms with Crippen LogP contribution in [0.25, 0.3) is 0 Å². The van der Waals surface area contributed by atoms with Crippen molar-refractivity contribution in [3.63, 3.8) is 0 Å². The van der Waals surface area contributed by atoms with Crippen LogP contribution >= 0.6 is 23.5 Å². The molecule has 0 radical (unpaired) electrons. The Morgan fingerprint density at radius 2 is 2.17 bits per heavy atom. The molecule has 1 atom stereocenters. The van der Waals surface area contributed by atoms with E-state index in [0.29, 0.717) is 5.92 Å². The molecule has 0 saturated carbocycles. The van der Waals surface area contributed by atoms with Crippen LogP contribution in [-0.2, 0) is 4.79 Å². The van der Waals surface area contributed by atoms with Gasteiger partial charge in [0.1, 0.15) is 9.12 Å². The van der Waals surface area contributed by atoms with Gasteiger partial charge in [-0.1, -0.05) is 25.6 Å². The number of rotatable bonds is 1. The van der Waals surface area contributed by atoms with Crippen molar-refractivity contribution in [3.05, 3.63) is 0 Å². The number of amides is 1. The van der Waals surface area contributed by atoms with Gasteiger partial charge in [0.2, 0.25) is 0 Å². The number of nitrogens with zero attached hydrogens (tertiary/aromatic N) is 1. The summed E-state index contributed by atoms with van der Waals surface area (Å²) in [4.78, 5) is 15.5. The van der Waals surface area contributed by atoms with Crippen LogP contribution in [0, 0.1) is 5.92 Å². The van der Waals surface area contributed by atoms with Crippen molar-refractivity contribution in [2.75, 3.05) is 6.26 Å². The van der Waals surface area contributed by atoms with Crippen molar-refractivity contribution in [3.8, 4) is 0 Å². The van der Waals surface area contributed by atoms with Crippen molar-refractivity contribution in [1.82, 2.24) is 0 Å². The standard InChI is InChI=1S/C8H13NOS2/c1-5(2)8(3)6(10)9-7(11-4)12-8/h5H,1-4H3. The number of carbonyl (C=O) groups excluding carboxylic acids is 1. The number of thioether (sulfide) groups is 2. The maximum absolute atomic E-state index is 11.5. The summed E-state index contributed by atoms with van der Waals surface area (Å²) in [6.07, 6.45) is 1.95. The van der Waals surface area contributed by atoms with Crippen molar-refractivity contribution < 1.29 is 4.79 Å². The molecular weight excluding hydrogens is 190 g/mol. The fourth-order valence-corrected chi connectivity index (χ4v) is 2.78. The SMILES string of the molecule is CSC1=NC(=O)C(C)(C(C)C)S1. The van der Waals surface area contributed by atoms with Gasteiger partial charge in [0.25, 0.3) is 5.91 Å². The summed E-state index contributed by atoms with van der Waals surface area (Å²) in [6.45, 7) is 6.09. The molecule has 0 N–H and O–H groups in total. The molecule has 0 aromatic carbocycles. The predicted molar refractivity (Wildman–Crippen MR) is 56.8 cm³/mol. The highest BCUT2D eigenvalue weighted by Gasteiger charge is 2.43. The summed E-state index contributed by atoms with van der Waals surface area (Å²) in [5, 5.41) is 0. The minimum absolute atomic E-state index is 0.0202. The summed E-state index contributed by atoms with van der Waals surface area (Å²) in [7, 11) is 0. The fourth-order valence-electron chi connectivity index (χ4n) is 0.894. The Labute approximate surface area is 81.6 Å². The van der Waals surface area contributed by atoms with Crippen molar-refractivity contribution >= 4 is 33.8 Å². The first-order chi connectivity index (χ1) is 5.50. The van der Waals surface area contributed by atoms with Gasteiger partial charge in [-0.2, -0.15) is 4.99 Å². The molecule has 0 aromatic heterocycles. The van der Waals surface area contributed by atoms with E-state index < -0.39 is 0 Å². The number of carbonyl (C=O) groups is 1. The minimum atomic E-state index is -0.321. The molecule has 0 spiro atoms. The topological polar surface area (TPSA) is 29.4 Å². The average Bonchev–Trinajstić information content (AvgIpc) is 2.29. The second kappa shape index (κ2) is 3.42. The van der Waals surface area contributed by atoms with E-state index >= 15 is 0 Å². The zero-order valence-electron chi connectivity index (χ0n) is 7.75. The highest BCUT2D eigenvalue weighted by atomic mass is 32.2. The van der Waals surface area contributed by atoms with Crippen molar-refractivity contribution in [2.24, 2.45) is 10.9 Å². The molecule has 68 valence electrons. The number of hydrogen-bond donors (Lipinski definition) is 0. The Morgan fingerprint density at radius 3 is 2.42 bits per heavy atom. The van der Waals surface area contributed by atoms with Gasteiger partial charge in [-0.05, 0) is 19.1 Å². The van der Waals surface area contributed by atoms with E-state index in [0.717, 1.165) is 4.38 Å². The van der Waals surface area contributed by atoms with Crippen LogP contribution in [0.4, 0.5) is 0 Å². The van der Waals surface area contributed by atoms with Gasteiger partial charge in [0.05, 0.1) is 0 Å². The number of hydrogen-bond acceptors (Lipinski definition) is 3. The lowest BCUT2D eigenvalue weighted by Gasteiger charge is -2.23. The van der Waals surface area contributed by atoms with Crippen LogP contribution in [0.2, 0.25) is 0 Å². The van der Waals surface area contributed by atoms with Crippen LogP contribution in [0.3, 0.4) is 0 Å². The van der Waals surface area contributed by atoms with E-state index in [4.69, 9.17) is 0 Å². The van der Waals surface area contributed by atoms with E-state index in [1.807, 2.05) is 13.2 Å². The Hall–Kier alpha value is 0.0400. The molecule has 0 saturated heterocycles. The second-order valence-corrected chi connectivity index (χ2v) is 5.74. The van der Waals surface area contributed by atoms with Gasteiger partial charge >= 0.3 is 0 Å². The molecule has 1 heterocycles. The molecule has 12 heavy (non-hydrogen) atoms. The third kappa shape index (κ3) is 1.55. The van der Waals surface area contributed by atoms with Crippen molar-refractivity contribution in [2.45, 2.75) is 25.5 Å². The lowest BCUT2D eigenvalue weighted by molar-refractivity contribution is -0.120. The van der Waals surface area contributed by atoms with Gasteiger partial charge in [0, 0.05) is 0 Å². The smallest absolute Gasteiger partial charge is 0.263 e. The Morgan fingerprint density at radius 1 is 1.58 bits per heavy atom. The first-order valence-corrected chi connectivity index (χ1v) is 5.91. The van der Waals surface area contributed by atoms with Crippen LogP contribution in [0.15, 0.2) is 4.99 Å². The predicted octanol–water partition coefficient (Wildman–Crippen LogP) is 2.39. The van der Waals surface area contributed by atoms with Gasteiger partial charge in [-0.15, -0.1) is 11.8 Å². The van der Waals surface area contributed by atoms with E-state index in [1.165, 1.54) is 0 Å². The lowest BCUT2D eigenvalue weighted by Crippen LogP contribution is -2.33. The molecule has 0 aromatic rings. The van der Waals surface area contributed by atoms with E-state index in [9.17, 15) is 4.79 Å². The van der Waals surface area contributed by atoms with Crippen molar-refractivity contribution in [1.29, 1.82) is 0 Å². The Balaban J connectivity index is 2.83. The summed E-state index contributed by atoms with van der Waals surface area (Å²) < 4.78 is 0.578. The van der Waals surface area contributed by atoms with Gasteiger partial charge < -0.3 is 0 Å². The maximum Gasteiger partial charge on any atom is 0.263 e. The highest BCUT2D eigenvalue weighted by Crippen LogP contribution is 2.42. The molecule has 1 aliphatic rings. The molecule has 1 rings (SSSR count).